The Morgan fingerprint density at radius 1 is 1.22 bits per heavy atom. The maximum atomic E-state index is 11.7. The molecule has 0 aliphatic heterocycles. The van der Waals surface area contributed by atoms with Crippen LogP contribution in [0.4, 0.5) is 4.79 Å². The van der Waals surface area contributed by atoms with Crippen LogP contribution in [0.2, 0.25) is 0 Å². The van der Waals surface area contributed by atoms with Gasteiger partial charge in [-0.05, 0) is 18.4 Å². The summed E-state index contributed by atoms with van der Waals surface area (Å²) < 4.78 is 27.9. The van der Waals surface area contributed by atoms with E-state index < -0.39 is 15.9 Å². The van der Waals surface area contributed by atoms with Crippen LogP contribution in [0.15, 0.2) is 30.3 Å². The Morgan fingerprint density at radius 2 is 1.91 bits per heavy atom. The number of carbonyl (C=O) groups excluding carboxylic acids is 1. The van der Waals surface area contributed by atoms with Gasteiger partial charge in [-0.15, -0.1) is 0 Å². The minimum Gasteiger partial charge on any atom is -0.445 e. The van der Waals surface area contributed by atoms with E-state index in [4.69, 9.17) is 4.74 Å². The highest BCUT2D eigenvalue weighted by molar-refractivity contribution is 7.91. The minimum atomic E-state index is -2.92. The standard InChI is InChI=1S/C16H24N2O4S/c1-2-23(20,21)9-8-17-14-10-15(11-14)18-16(19)22-12-13-6-4-3-5-7-13/h3-7,14-15,17H,2,8-12H2,1H3,(H,18,19). The van der Waals surface area contributed by atoms with Crippen molar-refractivity contribution in [2.45, 2.75) is 38.5 Å². The normalized spacial score (nSPS) is 20.6. The predicted octanol–water partition coefficient (Wildman–Crippen LogP) is 1.47. The molecule has 7 heteroatoms. The quantitative estimate of drug-likeness (QED) is 0.748. The maximum Gasteiger partial charge on any atom is 0.407 e. The van der Waals surface area contributed by atoms with E-state index in [0.717, 1.165) is 18.4 Å². The number of ether oxygens (including phenoxy) is 1. The highest BCUT2D eigenvalue weighted by atomic mass is 32.2. The SMILES string of the molecule is CCS(=O)(=O)CCNC1CC(NC(=O)OCc2ccccc2)C1. The van der Waals surface area contributed by atoms with Crippen molar-refractivity contribution in [3.63, 3.8) is 0 Å². The molecule has 0 heterocycles. The first-order valence-corrected chi connectivity index (χ1v) is 9.71. The predicted molar refractivity (Wildman–Crippen MR) is 88.9 cm³/mol. The van der Waals surface area contributed by atoms with Gasteiger partial charge in [0.25, 0.3) is 0 Å². The zero-order valence-electron chi connectivity index (χ0n) is 13.3. The Kier molecular flexibility index (Phi) is 6.41. The number of hydrogen-bond donors (Lipinski definition) is 2. The van der Waals surface area contributed by atoms with Gasteiger partial charge in [0.05, 0.1) is 5.75 Å². The fourth-order valence-electron chi connectivity index (χ4n) is 2.40. The number of alkyl carbamates (subject to hydrolysis) is 1. The lowest BCUT2D eigenvalue weighted by molar-refractivity contribution is 0.126. The summed E-state index contributed by atoms with van der Waals surface area (Å²) in [6.07, 6.45) is 1.19. The third-order valence-electron chi connectivity index (χ3n) is 3.96. The van der Waals surface area contributed by atoms with Gasteiger partial charge >= 0.3 is 6.09 Å². The molecule has 0 spiro atoms. The summed E-state index contributed by atoms with van der Waals surface area (Å²) in [7, 11) is -2.92. The molecular weight excluding hydrogens is 316 g/mol. The molecule has 1 aromatic rings. The van der Waals surface area contributed by atoms with Crippen LogP contribution in [-0.2, 0) is 21.2 Å². The Bertz CT molecular complexity index is 598. The molecule has 6 nitrogen and oxygen atoms in total. The van der Waals surface area contributed by atoms with E-state index in [2.05, 4.69) is 10.6 Å². The molecule has 1 saturated carbocycles. The molecule has 0 radical (unpaired) electrons. The lowest BCUT2D eigenvalue weighted by Gasteiger charge is -2.36. The lowest BCUT2D eigenvalue weighted by Crippen LogP contribution is -2.53. The maximum absolute atomic E-state index is 11.7. The number of nitrogens with one attached hydrogen (secondary N) is 2. The summed E-state index contributed by atoms with van der Waals surface area (Å²) >= 11 is 0. The van der Waals surface area contributed by atoms with Crippen molar-refractivity contribution < 1.29 is 17.9 Å². The van der Waals surface area contributed by atoms with E-state index in [-0.39, 0.29) is 30.2 Å². The van der Waals surface area contributed by atoms with Crippen LogP contribution in [-0.4, -0.2) is 44.6 Å². The number of amides is 1. The van der Waals surface area contributed by atoms with Crippen LogP contribution in [0.3, 0.4) is 0 Å². The smallest absolute Gasteiger partial charge is 0.407 e. The average Bonchev–Trinajstić information content (AvgIpc) is 2.51. The van der Waals surface area contributed by atoms with Crippen molar-refractivity contribution in [1.29, 1.82) is 0 Å². The fraction of sp³-hybridized carbons (Fsp3) is 0.562. The minimum absolute atomic E-state index is 0.0959. The molecule has 128 valence electrons. The summed E-state index contributed by atoms with van der Waals surface area (Å²) in [5.74, 6) is 0.341. The highest BCUT2D eigenvalue weighted by Gasteiger charge is 2.30. The van der Waals surface area contributed by atoms with Crippen molar-refractivity contribution >= 4 is 15.9 Å². The largest absolute Gasteiger partial charge is 0.445 e. The van der Waals surface area contributed by atoms with Gasteiger partial charge < -0.3 is 15.4 Å². The van der Waals surface area contributed by atoms with E-state index in [9.17, 15) is 13.2 Å². The summed E-state index contributed by atoms with van der Waals surface area (Å²) in [6.45, 7) is 2.38. The molecule has 1 aliphatic rings. The Balaban J connectivity index is 1.56. The van der Waals surface area contributed by atoms with E-state index in [1.165, 1.54) is 0 Å². The van der Waals surface area contributed by atoms with Crippen LogP contribution in [0.25, 0.3) is 0 Å². The second-order valence-electron chi connectivity index (χ2n) is 5.76. The van der Waals surface area contributed by atoms with Crippen molar-refractivity contribution in [2.24, 2.45) is 0 Å². The average molecular weight is 340 g/mol. The first kappa shape index (κ1) is 17.7. The van der Waals surface area contributed by atoms with Crippen LogP contribution in [0, 0.1) is 0 Å². The van der Waals surface area contributed by atoms with E-state index in [1.807, 2.05) is 30.3 Å². The van der Waals surface area contributed by atoms with E-state index in [0.29, 0.717) is 6.54 Å². The highest BCUT2D eigenvalue weighted by Crippen LogP contribution is 2.20. The van der Waals surface area contributed by atoms with Gasteiger partial charge in [0.1, 0.15) is 6.61 Å². The Hall–Kier alpha value is -1.60. The molecule has 1 aromatic carbocycles. The first-order chi connectivity index (χ1) is 11.0. The molecule has 0 saturated heterocycles. The fourth-order valence-corrected chi connectivity index (χ4v) is 3.11. The second kappa shape index (κ2) is 8.31. The molecule has 1 fully saturated rings. The van der Waals surface area contributed by atoms with Crippen LogP contribution in [0.1, 0.15) is 25.3 Å². The molecule has 2 rings (SSSR count). The molecule has 0 aromatic heterocycles. The molecule has 23 heavy (non-hydrogen) atoms. The molecule has 0 unspecified atom stereocenters. The van der Waals surface area contributed by atoms with Crippen LogP contribution < -0.4 is 10.6 Å². The monoisotopic (exact) mass is 340 g/mol. The van der Waals surface area contributed by atoms with Crippen molar-refractivity contribution in [1.82, 2.24) is 10.6 Å². The number of carbonyl (C=O) groups is 1. The van der Waals surface area contributed by atoms with Crippen molar-refractivity contribution in [3.05, 3.63) is 35.9 Å². The Labute approximate surface area is 137 Å². The Morgan fingerprint density at radius 3 is 2.57 bits per heavy atom. The van der Waals surface area contributed by atoms with Gasteiger partial charge in [0, 0.05) is 24.4 Å². The number of hydrogen-bond acceptors (Lipinski definition) is 5. The number of benzene rings is 1. The number of sulfone groups is 1. The van der Waals surface area contributed by atoms with E-state index >= 15 is 0 Å². The summed E-state index contributed by atoms with van der Waals surface area (Å²) in [6, 6.07) is 9.88. The summed E-state index contributed by atoms with van der Waals surface area (Å²) in [5, 5.41) is 6.01. The van der Waals surface area contributed by atoms with Crippen molar-refractivity contribution in [2.75, 3.05) is 18.1 Å². The number of rotatable bonds is 8. The van der Waals surface area contributed by atoms with Gasteiger partial charge in [0.15, 0.2) is 9.84 Å². The van der Waals surface area contributed by atoms with Gasteiger partial charge in [0.2, 0.25) is 0 Å². The lowest BCUT2D eigenvalue weighted by atomic mass is 9.87. The molecule has 1 amide bonds. The molecule has 0 bridgehead atoms. The second-order valence-corrected chi connectivity index (χ2v) is 8.23. The first-order valence-electron chi connectivity index (χ1n) is 7.89. The zero-order valence-corrected chi connectivity index (χ0v) is 14.1. The van der Waals surface area contributed by atoms with Crippen LogP contribution >= 0.6 is 0 Å². The molecule has 1 aliphatic carbocycles. The van der Waals surface area contributed by atoms with Gasteiger partial charge in [-0.3, -0.25) is 0 Å². The van der Waals surface area contributed by atoms with Crippen molar-refractivity contribution in [3.8, 4) is 0 Å². The third kappa shape index (κ3) is 6.19. The summed E-state index contributed by atoms with van der Waals surface area (Å²) in [5.41, 5.74) is 0.952. The zero-order chi connectivity index (χ0) is 16.7. The topological polar surface area (TPSA) is 84.5 Å². The van der Waals surface area contributed by atoms with E-state index in [1.54, 1.807) is 6.92 Å². The third-order valence-corrected chi connectivity index (χ3v) is 5.66. The molecule has 0 atom stereocenters. The summed E-state index contributed by atoms with van der Waals surface area (Å²) in [4.78, 5) is 11.7. The molecular formula is C16H24N2O4S. The van der Waals surface area contributed by atoms with Crippen LogP contribution in [0.5, 0.6) is 0 Å². The van der Waals surface area contributed by atoms with Gasteiger partial charge in [-0.25, -0.2) is 13.2 Å². The molecule has 2 N–H and O–H groups in total. The van der Waals surface area contributed by atoms with Gasteiger partial charge in [-0.2, -0.15) is 0 Å². The van der Waals surface area contributed by atoms with Gasteiger partial charge in [-0.1, -0.05) is 37.3 Å².